The summed E-state index contributed by atoms with van der Waals surface area (Å²) in [5.74, 6) is 0.0205. The van der Waals surface area contributed by atoms with E-state index in [0.717, 1.165) is 30.9 Å². The number of aryl methyl sites for hydroxylation is 1. The summed E-state index contributed by atoms with van der Waals surface area (Å²) in [6.07, 6.45) is 2.15. The number of hydrogen-bond donors (Lipinski definition) is 1. The summed E-state index contributed by atoms with van der Waals surface area (Å²) in [7, 11) is 0. The van der Waals surface area contributed by atoms with Crippen LogP contribution in [-0.4, -0.2) is 41.6 Å². The van der Waals surface area contributed by atoms with E-state index in [2.05, 4.69) is 39.5 Å². The van der Waals surface area contributed by atoms with E-state index < -0.39 is 0 Å². The molecule has 132 valence electrons. The fourth-order valence-electron chi connectivity index (χ4n) is 2.97. The molecule has 1 aliphatic heterocycles. The van der Waals surface area contributed by atoms with Gasteiger partial charge in [-0.2, -0.15) is 0 Å². The van der Waals surface area contributed by atoms with Gasteiger partial charge in [0.15, 0.2) is 0 Å². The first-order valence-corrected chi connectivity index (χ1v) is 8.75. The average Bonchev–Trinajstić information content (AvgIpc) is 2.62. The second-order valence-corrected chi connectivity index (χ2v) is 6.50. The third-order valence-corrected chi connectivity index (χ3v) is 4.35. The van der Waals surface area contributed by atoms with Gasteiger partial charge in [-0.25, -0.2) is 0 Å². The van der Waals surface area contributed by atoms with Crippen LogP contribution in [0.1, 0.15) is 23.2 Å². The molecule has 1 N–H and O–H groups in total. The van der Waals surface area contributed by atoms with Crippen molar-refractivity contribution in [2.45, 2.75) is 32.5 Å². The van der Waals surface area contributed by atoms with E-state index in [9.17, 15) is 4.79 Å². The third kappa shape index (κ3) is 5.66. The maximum Gasteiger partial charge on any atom is 0.222 e. The number of pyridine rings is 1. The van der Waals surface area contributed by atoms with Gasteiger partial charge < -0.3 is 10.1 Å². The number of carbonyl (C=O) groups excluding carboxylic acids is 1. The van der Waals surface area contributed by atoms with Gasteiger partial charge in [-0.05, 0) is 24.1 Å². The van der Waals surface area contributed by atoms with Crippen LogP contribution in [-0.2, 0) is 22.6 Å². The summed E-state index contributed by atoms with van der Waals surface area (Å²) in [5.41, 5.74) is 3.28. The van der Waals surface area contributed by atoms with Gasteiger partial charge in [0.2, 0.25) is 5.91 Å². The van der Waals surface area contributed by atoms with Crippen LogP contribution in [0.5, 0.6) is 0 Å². The number of carbonyl (C=O) groups is 1. The molecule has 0 aliphatic carbocycles. The lowest BCUT2D eigenvalue weighted by molar-refractivity contribution is -0.126. The molecule has 1 fully saturated rings. The van der Waals surface area contributed by atoms with Crippen molar-refractivity contribution in [3.8, 4) is 0 Å². The van der Waals surface area contributed by atoms with E-state index in [-0.39, 0.29) is 12.0 Å². The van der Waals surface area contributed by atoms with E-state index in [0.29, 0.717) is 19.6 Å². The number of morpholine rings is 1. The first-order chi connectivity index (χ1) is 12.2. The summed E-state index contributed by atoms with van der Waals surface area (Å²) in [4.78, 5) is 18.8. The lowest BCUT2D eigenvalue weighted by Gasteiger charge is -2.32. The zero-order chi connectivity index (χ0) is 17.5. The van der Waals surface area contributed by atoms with Crippen molar-refractivity contribution < 1.29 is 9.53 Å². The molecule has 0 unspecified atom stereocenters. The molecule has 5 heteroatoms. The van der Waals surface area contributed by atoms with E-state index in [1.165, 1.54) is 5.56 Å². The van der Waals surface area contributed by atoms with Gasteiger partial charge in [0.25, 0.3) is 0 Å². The molecule has 1 aromatic heterocycles. The van der Waals surface area contributed by atoms with Crippen molar-refractivity contribution in [1.82, 2.24) is 15.2 Å². The highest BCUT2D eigenvalue weighted by molar-refractivity contribution is 5.76. The molecule has 0 spiro atoms. The summed E-state index contributed by atoms with van der Waals surface area (Å²) in [6.45, 7) is 5.72. The van der Waals surface area contributed by atoms with Gasteiger partial charge in [-0.15, -0.1) is 0 Å². The molecule has 0 radical (unpaired) electrons. The van der Waals surface area contributed by atoms with E-state index in [1.54, 1.807) is 6.20 Å². The molecule has 5 nitrogen and oxygen atoms in total. The number of nitrogens with one attached hydrogen (secondary N) is 1. The first-order valence-electron chi connectivity index (χ1n) is 8.75. The van der Waals surface area contributed by atoms with Crippen LogP contribution >= 0.6 is 0 Å². The Bertz CT molecular complexity index is 673. The highest BCUT2D eigenvalue weighted by Crippen LogP contribution is 2.12. The smallest absolute Gasteiger partial charge is 0.222 e. The van der Waals surface area contributed by atoms with Crippen molar-refractivity contribution in [3.05, 3.63) is 65.5 Å². The van der Waals surface area contributed by atoms with E-state index in [4.69, 9.17) is 4.74 Å². The fraction of sp³-hybridized carbons (Fsp3) is 0.400. The number of ether oxygens (including phenoxy) is 1. The highest BCUT2D eigenvalue weighted by Gasteiger charge is 2.22. The van der Waals surface area contributed by atoms with Crippen LogP contribution in [0.4, 0.5) is 0 Å². The van der Waals surface area contributed by atoms with Crippen LogP contribution in [0, 0.1) is 6.92 Å². The molecule has 1 aromatic carbocycles. The number of nitrogens with zero attached hydrogens (tertiary/aromatic N) is 2. The van der Waals surface area contributed by atoms with E-state index in [1.807, 2.05) is 25.1 Å². The number of aromatic nitrogens is 1. The standard InChI is InChI=1S/C20H25N3O2/c1-16-7-8-18(12-21-16)13-22-20(24)11-19-15-23(9-10-25-19)14-17-5-3-2-4-6-17/h2-8,12,19H,9-11,13-15H2,1H3,(H,22,24)/t19-/m0/s1. The molecule has 25 heavy (non-hydrogen) atoms. The minimum Gasteiger partial charge on any atom is -0.375 e. The molecule has 2 aromatic rings. The number of amides is 1. The normalized spacial score (nSPS) is 18.0. The lowest BCUT2D eigenvalue weighted by atomic mass is 10.1. The Morgan fingerprint density at radius 2 is 2.08 bits per heavy atom. The summed E-state index contributed by atoms with van der Waals surface area (Å²) >= 11 is 0. The minimum absolute atomic E-state index is 0.0205. The minimum atomic E-state index is -0.0476. The third-order valence-electron chi connectivity index (χ3n) is 4.35. The summed E-state index contributed by atoms with van der Waals surface area (Å²) < 4.78 is 5.77. The fourth-order valence-corrected chi connectivity index (χ4v) is 2.97. The van der Waals surface area contributed by atoms with Crippen molar-refractivity contribution in [3.63, 3.8) is 0 Å². The SMILES string of the molecule is Cc1ccc(CNC(=O)C[C@H]2CN(Cc3ccccc3)CCO2)cn1. The Hall–Kier alpha value is -2.24. The van der Waals surface area contributed by atoms with Crippen LogP contribution in [0.15, 0.2) is 48.7 Å². The average molecular weight is 339 g/mol. The highest BCUT2D eigenvalue weighted by atomic mass is 16.5. The molecule has 1 amide bonds. The van der Waals surface area contributed by atoms with Gasteiger partial charge >= 0.3 is 0 Å². The molecule has 1 aliphatic rings. The molecule has 1 saturated heterocycles. The van der Waals surface area contributed by atoms with Crippen molar-refractivity contribution in [2.24, 2.45) is 0 Å². The lowest BCUT2D eigenvalue weighted by Crippen LogP contribution is -2.44. The Labute approximate surface area is 149 Å². The predicted octanol–water partition coefficient (Wildman–Crippen LogP) is 2.30. The molecular weight excluding hydrogens is 314 g/mol. The Balaban J connectivity index is 1.43. The second-order valence-electron chi connectivity index (χ2n) is 6.50. The van der Waals surface area contributed by atoms with Crippen molar-refractivity contribution >= 4 is 5.91 Å². The molecule has 1 atom stereocenters. The molecule has 0 bridgehead atoms. The topological polar surface area (TPSA) is 54.5 Å². The van der Waals surface area contributed by atoms with E-state index >= 15 is 0 Å². The number of benzene rings is 1. The quantitative estimate of drug-likeness (QED) is 0.877. The largest absolute Gasteiger partial charge is 0.375 e. The first kappa shape index (κ1) is 17.6. The maximum absolute atomic E-state index is 12.2. The Kier molecular flexibility index (Phi) is 6.14. The summed E-state index contributed by atoms with van der Waals surface area (Å²) in [6, 6.07) is 14.3. The van der Waals surface area contributed by atoms with Gasteiger partial charge in [0, 0.05) is 38.1 Å². The molecule has 2 heterocycles. The zero-order valence-corrected chi connectivity index (χ0v) is 14.6. The Morgan fingerprint density at radius 1 is 1.24 bits per heavy atom. The summed E-state index contributed by atoms with van der Waals surface area (Å²) in [5, 5.41) is 2.95. The molecule has 0 saturated carbocycles. The van der Waals surface area contributed by atoms with Gasteiger partial charge in [-0.1, -0.05) is 36.4 Å². The number of rotatable bonds is 6. The number of hydrogen-bond acceptors (Lipinski definition) is 4. The zero-order valence-electron chi connectivity index (χ0n) is 14.6. The van der Waals surface area contributed by atoms with Crippen LogP contribution < -0.4 is 5.32 Å². The maximum atomic E-state index is 12.2. The van der Waals surface area contributed by atoms with Gasteiger partial charge in [-0.3, -0.25) is 14.7 Å². The van der Waals surface area contributed by atoms with Crippen molar-refractivity contribution in [1.29, 1.82) is 0 Å². The Morgan fingerprint density at radius 3 is 2.84 bits per heavy atom. The van der Waals surface area contributed by atoms with Crippen LogP contribution in [0.2, 0.25) is 0 Å². The van der Waals surface area contributed by atoms with Gasteiger partial charge in [0.1, 0.15) is 0 Å². The van der Waals surface area contributed by atoms with Crippen molar-refractivity contribution in [2.75, 3.05) is 19.7 Å². The molecular formula is C20H25N3O2. The monoisotopic (exact) mass is 339 g/mol. The molecule has 3 rings (SSSR count). The second kappa shape index (κ2) is 8.74. The van der Waals surface area contributed by atoms with Gasteiger partial charge in [0.05, 0.1) is 19.1 Å². The predicted molar refractivity (Wildman–Crippen MR) is 96.9 cm³/mol. The van der Waals surface area contributed by atoms with Crippen LogP contribution in [0.25, 0.3) is 0 Å². The van der Waals surface area contributed by atoms with Crippen LogP contribution in [0.3, 0.4) is 0 Å².